The van der Waals surface area contributed by atoms with Gasteiger partial charge >= 0.3 is 0 Å². The van der Waals surface area contributed by atoms with E-state index in [4.69, 9.17) is 17.3 Å². The molecule has 0 radical (unpaired) electrons. The number of nitrogens with two attached hydrogens (primary N) is 1. The third-order valence-corrected chi connectivity index (χ3v) is 3.13. The summed E-state index contributed by atoms with van der Waals surface area (Å²) in [6.07, 6.45) is 2.44. The molecule has 1 aliphatic carbocycles. The number of hydrogen-bond acceptors (Lipinski definition) is 2. The Balaban J connectivity index is 2.47. The summed E-state index contributed by atoms with van der Waals surface area (Å²) in [6.45, 7) is 0. The Labute approximate surface area is 84.3 Å². The second-order valence-electron chi connectivity index (χ2n) is 3.01. The molecule has 1 aliphatic rings. The number of rotatable bonds is 1. The van der Waals surface area contributed by atoms with Crippen molar-refractivity contribution in [3.63, 3.8) is 0 Å². The molecule has 1 heterocycles. The van der Waals surface area contributed by atoms with Gasteiger partial charge in [0, 0.05) is 0 Å². The van der Waals surface area contributed by atoms with Gasteiger partial charge in [-0.3, -0.25) is 0 Å². The van der Waals surface area contributed by atoms with Crippen LogP contribution >= 0.6 is 27.5 Å². The number of aromatic nitrogens is 1. The second-order valence-corrected chi connectivity index (χ2v) is 4.22. The summed E-state index contributed by atoms with van der Waals surface area (Å²) in [5.41, 5.74) is 6.85. The Morgan fingerprint density at radius 1 is 1.58 bits per heavy atom. The van der Waals surface area contributed by atoms with E-state index in [-0.39, 0.29) is 0 Å². The largest absolute Gasteiger partial charge is 0.383 e. The van der Waals surface area contributed by atoms with Crippen molar-refractivity contribution < 1.29 is 0 Å². The molecule has 1 aromatic heterocycles. The fraction of sp³-hybridized carbons (Fsp3) is 0.375. The van der Waals surface area contributed by atoms with Gasteiger partial charge < -0.3 is 5.73 Å². The van der Waals surface area contributed by atoms with E-state index in [1.54, 1.807) is 0 Å². The molecule has 2 rings (SSSR count). The Bertz CT molecular complexity index is 323. The molecule has 64 valence electrons. The Kier molecular flexibility index (Phi) is 2.00. The van der Waals surface area contributed by atoms with Crippen LogP contribution in [0.2, 0.25) is 5.15 Å². The molecular weight excluding hydrogens is 239 g/mol. The number of hydrogen-bond donors (Lipinski definition) is 1. The highest BCUT2D eigenvalue weighted by Crippen LogP contribution is 2.43. The van der Waals surface area contributed by atoms with Crippen LogP contribution in [-0.2, 0) is 0 Å². The third kappa shape index (κ3) is 1.43. The SMILES string of the molecule is Nc1nc(Cl)c(Br)cc1C1CC1. The molecule has 0 aromatic carbocycles. The average molecular weight is 248 g/mol. The van der Waals surface area contributed by atoms with Crippen LogP contribution in [0.5, 0.6) is 0 Å². The summed E-state index contributed by atoms with van der Waals surface area (Å²) in [4.78, 5) is 4.03. The van der Waals surface area contributed by atoms with Crippen molar-refractivity contribution in [1.29, 1.82) is 0 Å². The first-order chi connectivity index (χ1) is 5.68. The highest BCUT2D eigenvalue weighted by atomic mass is 79.9. The highest BCUT2D eigenvalue weighted by Gasteiger charge is 2.26. The Morgan fingerprint density at radius 3 is 2.83 bits per heavy atom. The summed E-state index contributed by atoms with van der Waals surface area (Å²) in [5.74, 6) is 1.19. The van der Waals surface area contributed by atoms with Gasteiger partial charge in [0.2, 0.25) is 0 Å². The molecular formula is C8H8BrClN2. The van der Waals surface area contributed by atoms with Crippen LogP contribution in [0.3, 0.4) is 0 Å². The molecule has 1 fully saturated rings. The molecule has 0 atom stereocenters. The van der Waals surface area contributed by atoms with Gasteiger partial charge in [0.15, 0.2) is 0 Å². The monoisotopic (exact) mass is 246 g/mol. The van der Waals surface area contributed by atoms with Crippen molar-refractivity contribution in [2.75, 3.05) is 5.73 Å². The quantitative estimate of drug-likeness (QED) is 0.775. The summed E-state index contributed by atoms with van der Waals surface area (Å²) in [7, 11) is 0. The first-order valence-corrected chi connectivity index (χ1v) is 4.97. The van der Waals surface area contributed by atoms with E-state index in [9.17, 15) is 0 Å². The number of nitrogens with zero attached hydrogens (tertiary/aromatic N) is 1. The molecule has 2 N–H and O–H groups in total. The minimum absolute atomic E-state index is 0.442. The van der Waals surface area contributed by atoms with Crippen LogP contribution in [-0.4, -0.2) is 4.98 Å². The Hall–Kier alpha value is -0.280. The summed E-state index contributed by atoms with van der Waals surface area (Å²) in [5, 5.41) is 0.442. The lowest BCUT2D eigenvalue weighted by atomic mass is 10.2. The van der Waals surface area contributed by atoms with E-state index >= 15 is 0 Å². The van der Waals surface area contributed by atoms with E-state index in [1.165, 1.54) is 12.8 Å². The first kappa shape index (κ1) is 8.32. The van der Waals surface area contributed by atoms with Crippen molar-refractivity contribution in [3.05, 3.63) is 21.3 Å². The summed E-state index contributed by atoms with van der Waals surface area (Å²) < 4.78 is 0.834. The van der Waals surface area contributed by atoms with Crippen molar-refractivity contribution in [2.45, 2.75) is 18.8 Å². The number of pyridine rings is 1. The molecule has 0 unspecified atom stereocenters. The smallest absolute Gasteiger partial charge is 0.145 e. The molecule has 0 aliphatic heterocycles. The standard InChI is InChI=1S/C8H8BrClN2/c9-6-3-5(4-1-2-4)8(11)12-7(6)10/h3-4H,1-2H2,(H2,11,12). The second kappa shape index (κ2) is 2.89. The zero-order valence-corrected chi connectivity index (χ0v) is 8.69. The lowest BCUT2D eigenvalue weighted by molar-refractivity contribution is 1.10. The van der Waals surface area contributed by atoms with Crippen LogP contribution in [0.25, 0.3) is 0 Å². The highest BCUT2D eigenvalue weighted by molar-refractivity contribution is 9.10. The molecule has 0 saturated heterocycles. The van der Waals surface area contributed by atoms with E-state index in [0.717, 1.165) is 10.0 Å². The molecule has 0 spiro atoms. The van der Waals surface area contributed by atoms with Crippen LogP contribution in [0.15, 0.2) is 10.5 Å². The zero-order chi connectivity index (χ0) is 8.72. The topological polar surface area (TPSA) is 38.9 Å². The van der Waals surface area contributed by atoms with Crippen LogP contribution < -0.4 is 5.73 Å². The lowest BCUT2D eigenvalue weighted by Crippen LogP contribution is -1.96. The van der Waals surface area contributed by atoms with Crippen molar-refractivity contribution >= 4 is 33.3 Å². The predicted octanol–water partition coefficient (Wildman–Crippen LogP) is 2.96. The van der Waals surface area contributed by atoms with Gasteiger partial charge in [-0.1, -0.05) is 11.6 Å². The normalized spacial score (nSPS) is 16.5. The Morgan fingerprint density at radius 2 is 2.25 bits per heavy atom. The van der Waals surface area contributed by atoms with Crippen molar-refractivity contribution in [2.24, 2.45) is 0 Å². The lowest BCUT2D eigenvalue weighted by Gasteiger charge is -2.04. The van der Waals surface area contributed by atoms with Crippen LogP contribution in [0.1, 0.15) is 24.3 Å². The predicted molar refractivity (Wildman–Crippen MR) is 53.3 cm³/mol. The third-order valence-electron chi connectivity index (χ3n) is 2.01. The van der Waals surface area contributed by atoms with Gasteiger partial charge in [-0.05, 0) is 46.3 Å². The van der Waals surface area contributed by atoms with E-state index < -0.39 is 0 Å². The molecule has 0 amide bonds. The van der Waals surface area contributed by atoms with Gasteiger partial charge in [0.05, 0.1) is 4.47 Å². The van der Waals surface area contributed by atoms with Gasteiger partial charge in [0.25, 0.3) is 0 Å². The molecule has 1 aromatic rings. The first-order valence-electron chi connectivity index (χ1n) is 3.80. The molecule has 1 saturated carbocycles. The van der Waals surface area contributed by atoms with Gasteiger partial charge in [-0.2, -0.15) is 0 Å². The summed E-state index contributed by atoms with van der Waals surface area (Å²) >= 11 is 9.10. The van der Waals surface area contributed by atoms with Gasteiger partial charge in [-0.15, -0.1) is 0 Å². The maximum Gasteiger partial charge on any atom is 0.145 e. The number of halogens is 2. The maximum absolute atomic E-state index is 5.77. The van der Waals surface area contributed by atoms with E-state index in [2.05, 4.69) is 20.9 Å². The van der Waals surface area contributed by atoms with Crippen molar-refractivity contribution in [3.8, 4) is 0 Å². The van der Waals surface area contributed by atoms with E-state index in [1.807, 2.05) is 6.07 Å². The summed E-state index contributed by atoms with van der Waals surface area (Å²) in [6, 6.07) is 1.97. The molecule has 4 heteroatoms. The zero-order valence-electron chi connectivity index (χ0n) is 6.35. The fourth-order valence-electron chi connectivity index (χ4n) is 1.22. The van der Waals surface area contributed by atoms with Crippen molar-refractivity contribution in [1.82, 2.24) is 4.98 Å². The molecule has 2 nitrogen and oxygen atoms in total. The minimum Gasteiger partial charge on any atom is -0.383 e. The van der Waals surface area contributed by atoms with Crippen LogP contribution in [0.4, 0.5) is 5.82 Å². The van der Waals surface area contributed by atoms with Crippen LogP contribution in [0, 0.1) is 0 Å². The average Bonchev–Trinajstić information content (AvgIpc) is 2.79. The number of anilines is 1. The molecule has 0 bridgehead atoms. The fourth-order valence-corrected chi connectivity index (χ4v) is 1.70. The molecule has 12 heavy (non-hydrogen) atoms. The van der Waals surface area contributed by atoms with E-state index in [0.29, 0.717) is 16.9 Å². The number of nitrogen functional groups attached to an aromatic ring is 1. The van der Waals surface area contributed by atoms with Gasteiger partial charge in [-0.25, -0.2) is 4.98 Å². The maximum atomic E-state index is 5.77. The minimum atomic E-state index is 0.442. The van der Waals surface area contributed by atoms with Gasteiger partial charge in [0.1, 0.15) is 11.0 Å².